The molecule has 0 fully saturated rings. The molecule has 0 N–H and O–H groups in total. The maximum atomic E-state index is 12.3. The van der Waals surface area contributed by atoms with Crippen LogP contribution in [0, 0.1) is 0 Å². The Labute approximate surface area is 126 Å². The van der Waals surface area contributed by atoms with Gasteiger partial charge in [-0.15, -0.1) is 11.3 Å². The molecule has 5 heteroatoms. The van der Waals surface area contributed by atoms with Gasteiger partial charge in [0, 0.05) is 19.2 Å². The van der Waals surface area contributed by atoms with Gasteiger partial charge < -0.3 is 4.90 Å². The lowest BCUT2D eigenvalue weighted by Gasteiger charge is -2.13. The van der Waals surface area contributed by atoms with E-state index in [1.54, 1.807) is 17.5 Å². The largest absolute Gasteiger partial charge is 0.332 e. The van der Waals surface area contributed by atoms with E-state index in [-0.39, 0.29) is 5.91 Å². The minimum Gasteiger partial charge on any atom is -0.332 e. The van der Waals surface area contributed by atoms with Crippen molar-refractivity contribution in [2.24, 2.45) is 0 Å². The van der Waals surface area contributed by atoms with E-state index in [0.29, 0.717) is 13.1 Å². The fourth-order valence-electron chi connectivity index (χ4n) is 2.62. The lowest BCUT2D eigenvalue weighted by molar-refractivity contribution is 0.0780. The first-order valence-corrected chi connectivity index (χ1v) is 7.70. The van der Waals surface area contributed by atoms with Crippen molar-refractivity contribution in [3.05, 3.63) is 58.9 Å². The number of rotatable bonds is 3. The highest BCUT2D eigenvalue weighted by atomic mass is 32.1. The van der Waals surface area contributed by atoms with Crippen LogP contribution in [-0.4, -0.2) is 27.3 Å². The zero-order valence-corrected chi connectivity index (χ0v) is 12.1. The average molecular weight is 295 g/mol. The van der Waals surface area contributed by atoms with E-state index in [9.17, 15) is 4.79 Å². The molecule has 0 saturated heterocycles. The molecule has 0 bridgehead atoms. The number of fused-ring (bicyclic) bond motifs is 2. The molecule has 1 aromatic carbocycles. The number of aromatic nitrogens is 2. The standard InChI is InChI=1S/C16H13N3OS/c20-16-11-4-3-8-17-13(11)10-19(16)9-7-15-18-12-5-1-2-6-14(12)21-15/h1-6,8H,7,9-10H2. The quantitative estimate of drug-likeness (QED) is 0.746. The van der Waals surface area contributed by atoms with Crippen molar-refractivity contribution in [2.75, 3.05) is 6.54 Å². The van der Waals surface area contributed by atoms with Gasteiger partial charge in [0.1, 0.15) is 0 Å². The highest BCUT2D eigenvalue weighted by molar-refractivity contribution is 7.18. The Morgan fingerprint density at radius 1 is 1.19 bits per heavy atom. The monoisotopic (exact) mass is 295 g/mol. The molecular formula is C16H13N3OS. The van der Waals surface area contributed by atoms with E-state index in [1.807, 2.05) is 35.2 Å². The smallest absolute Gasteiger partial charge is 0.256 e. The molecule has 0 radical (unpaired) electrons. The highest BCUT2D eigenvalue weighted by Crippen LogP contribution is 2.24. The summed E-state index contributed by atoms with van der Waals surface area (Å²) in [5.74, 6) is 0.0826. The molecule has 0 aliphatic carbocycles. The van der Waals surface area contributed by atoms with Crippen LogP contribution in [0.2, 0.25) is 0 Å². The van der Waals surface area contributed by atoms with Crippen LogP contribution in [0.1, 0.15) is 21.1 Å². The van der Waals surface area contributed by atoms with Gasteiger partial charge in [0.05, 0.1) is 33.0 Å². The van der Waals surface area contributed by atoms with E-state index in [4.69, 9.17) is 0 Å². The van der Waals surface area contributed by atoms with E-state index in [1.165, 1.54) is 4.70 Å². The van der Waals surface area contributed by atoms with Crippen LogP contribution in [0.4, 0.5) is 0 Å². The molecule has 4 nitrogen and oxygen atoms in total. The molecule has 4 rings (SSSR count). The molecule has 0 unspecified atom stereocenters. The van der Waals surface area contributed by atoms with Crippen molar-refractivity contribution in [3.63, 3.8) is 0 Å². The van der Waals surface area contributed by atoms with Crippen LogP contribution in [0.25, 0.3) is 10.2 Å². The summed E-state index contributed by atoms with van der Waals surface area (Å²) in [5, 5.41) is 1.08. The van der Waals surface area contributed by atoms with Crippen LogP contribution in [0.3, 0.4) is 0 Å². The number of hydrogen-bond donors (Lipinski definition) is 0. The van der Waals surface area contributed by atoms with Gasteiger partial charge in [-0.1, -0.05) is 12.1 Å². The topological polar surface area (TPSA) is 46.1 Å². The molecular weight excluding hydrogens is 282 g/mol. The van der Waals surface area contributed by atoms with Gasteiger partial charge in [-0.25, -0.2) is 4.98 Å². The normalized spacial score (nSPS) is 13.9. The first kappa shape index (κ1) is 12.5. The predicted octanol–water partition coefficient (Wildman–Crippen LogP) is 2.89. The molecule has 3 aromatic rings. The van der Waals surface area contributed by atoms with Gasteiger partial charge in [-0.3, -0.25) is 9.78 Å². The number of hydrogen-bond acceptors (Lipinski definition) is 4. The first-order chi connectivity index (χ1) is 10.3. The minimum absolute atomic E-state index is 0.0826. The summed E-state index contributed by atoms with van der Waals surface area (Å²) in [6, 6.07) is 11.8. The SMILES string of the molecule is O=C1c2cccnc2CN1CCc1nc2ccccc2s1. The van der Waals surface area contributed by atoms with E-state index in [0.717, 1.165) is 28.2 Å². The highest BCUT2D eigenvalue weighted by Gasteiger charge is 2.27. The van der Waals surface area contributed by atoms with E-state index in [2.05, 4.69) is 16.0 Å². The van der Waals surface area contributed by atoms with Gasteiger partial charge in [0.2, 0.25) is 0 Å². The fourth-order valence-corrected chi connectivity index (χ4v) is 3.58. The number of benzene rings is 1. The summed E-state index contributed by atoms with van der Waals surface area (Å²) < 4.78 is 1.20. The second kappa shape index (κ2) is 4.93. The lowest BCUT2D eigenvalue weighted by atomic mass is 10.2. The summed E-state index contributed by atoms with van der Waals surface area (Å²) >= 11 is 1.70. The Hall–Kier alpha value is -2.27. The van der Waals surface area contributed by atoms with Crippen molar-refractivity contribution in [3.8, 4) is 0 Å². The van der Waals surface area contributed by atoms with Gasteiger partial charge in [0.15, 0.2) is 0 Å². The summed E-state index contributed by atoms with van der Waals surface area (Å²) in [6.45, 7) is 1.30. The second-order valence-electron chi connectivity index (χ2n) is 5.05. The number of carbonyl (C=O) groups is 1. The number of carbonyl (C=O) groups excluding carboxylic acids is 1. The Bertz CT molecular complexity index is 794. The number of thiazole rings is 1. The maximum Gasteiger partial charge on any atom is 0.256 e. The molecule has 0 spiro atoms. The number of nitrogens with zero attached hydrogens (tertiary/aromatic N) is 3. The van der Waals surface area contributed by atoms with Gasteiger partial charge in [-0.2, -0.15) is 0 Å². The summed E-state index contributed by atoms with van der Waals surface area (Å²) in [7, 11) is 0. The molecule has 3 heterocycles. The van der Waals surface area contributed by atoms with Crippen LogP contribution < -0.4 is 0 Å². The number of amides is 1. The van der Waals surface area contributed by atoms with Crippen molar-refractivity contribution >= 4 is 27.5 Å². The molecule has 1 aliphatic rings. The van der Waals surface area contributed by atoms with Crippen LogP contribution in [0.5, 0.6) is 0 Å². The molecule has 1 amide bonds. The summed E-state index contributed by atoms with van der Waals surface area (Å²) in [4.78, 5) is 23.0. The summed E-state index contributed by atoms with van der Waals surface area (Å²) in [6.07, 6.45) is 2.53. The van der Waals surface area contributed by atoms with Crippen molar-refractivity contribution in [2.45, 2.75) is 13.0 Å². The van der Waals surface area contributed by atoms with Gasteiger partial charge in [-0.05, 0) is 24.3 Å². The maximum absolute atomic E-state index is 12.3. The molecule has 0 saturated carbocycles. The Morgan fingerprint density at radius 3 is 2.95 bits per heavy atom. The minimum atomic E-state index is 0.0826. The average Bonchev–Trinajstić information content (AvgIpc) is 3.07. The van der Waals surface area contributed by atoms with Crippen molar-refractivity contribution < 1.29 is 4.79 Å². The molecule has 1 aliphatic heterocycles. The molecule has 0 atom stereocenters. The zero-order valence-electron chi connectivity index (χ0n) is 11.3. The number of pyridine rings is 1. The number of para-hydroxylation sites is 1. The first-order valence-electron chi connectivity index (χ1n) is 6.89. The molecule has 21 heavy (non-hydrogen) atoms. The van der Waals surface area contributed by atoms with Crippen LogP contribution in [0.15, 0.2) is 42.6 Å². The third-order valence-electron chi connectivity index (χ3n) is 3.68. The lowest BCUT2D eigenvalue weighted by Crippen LogP contribution is -2.26. The predicted molar refractivity (Wildman–Crippen MR) is 82.3 cm³/mol. The van der Waals surface area contributed by atoms with Gasteiger partial charge >= 0.3 is 0 Å². The third-order valence-corrected chi connectivity index (χ3v) is 4.78. The van der Waals surface area contributed by atoms with Crippen molar-refractivity contribution in [1.82, 2.24) is 14.9 Å². The van der Waals surface area contributed by atoms with E-state index < -0.39 is 0 Å². The Kier molecular flexibility index (Phi) is 2.93. The Morgan fingerprint density at radius 2 is 2.10 bits per heavy atom. The molecule has 104 valence electrons. The zero-order chi connectivity index (χ0) is 14.2. The van der Waals surface area contributed by atoms with Crippen LogP contribution in [-0.2, 0) is 13.0 Å². The second-order valence-corrected chi connectivity index (χ2v) is 6.16. The van der Waals surface area contributed by atoms with Gasteiger partial charge in [0.25, 0.3) is 5.91 Å². The Balaban J connectivity index is 1.49. The van der Waals surface area contributed by atoms with Crippen LogP contribution >= 0.6 is 11.3 Å². The third kappa shape index (κ3) is 2.19. The van der Waals surface area contributed by atoms with E-state index >= 15 is 0 Å². The fraction of sp³-hybridized carbons (Fsp3) is 0.188. The molecule has 2 aromatic heterocycles. The summed E-state index contributed by atoms with van der Waals surface area (Å²) in [5.41, 5.74) is 2.66. The van der Waals surface area contributed by atoms with Crippen molar-refractivity contribution in [1.29, 1.82) is 0 Å².